The zero-order valence-corrected chi connectivity index (χ0v) is 12.9. The van der Waals surface area contributed by atoms with Crippen LogP contribution in [0.5, 0.6) is 5.75 Å². The van der Waals surface area contributed by atoms with E-state index in [1.807, 2.05) is 19.9 Å². The molecule has 0 amide bonds. The van der Waals surface area contributed by atoms with E-state index in [0.29, 0.717) is 5.58 Å². The zero-order valence-electron chi connectivity index (χ0n) is 10.7. The first-order valence-electron chi connectivity index (χ1n) is 6.11. The van der Waals surface area contributed by atoms with Crippen LogP contribution in [0.3, 0.4) is 0 Å². The van der Waals surface area contributed by atoms with E-state index >= 15 is 0 Å². The highest BCUT2D eigenvalue weighted by Gasteiger charge is 2.26. The molecule has 0 saturated carbocycles. The molecule has 1 unspecified atom stereocenters. The zero-order chi connectivity index (χ0) is 13.7. The van der Waals surface area contributed by atoms with Gasteiger partial charge in [0, 0.05) is 21.8 Å². The highest BCUT2D eigenvalue weighted by atomic mass is 127. The Labute approximate surface area is 124 Å². The molecule has 1 aliphatic heterocycles. The third-order valence-electron chi connectivity index (χ3n) is 3.66. The van der Waals surface area contributed by atoms with Gasteiger partial charge in [0.25, 0.3) is 0 Å². The molecule has 2 heterocycles. The summed E-state index contributed by atoms with van der Waals surface area (Å²) in [5.41, 5.74) is 8.91. The third-order valence-corrected chi connectivity index (χ3v) is 4.65. The van der Waals surface area contributed by atoms with E-state index in [4.69, 9.17) is 14.9 Å². The summed E-state index contributed by atoms with van der Waals surface area (Å²) >= 11 is 2.32. The molecule has 4 nitrogen and oxygen atoms in total. The second-order valence-electron chi connectivity index (χ2n) is 4.89. The van der Waals surface area contributed by atoms with Crippen LogP contribution < -0.4 is 16.1 Å². The van der Waals surface area contributed by atoms with E-state index in [-0.39, 0.29) is 11.8 Å². The lowest BCUT2D eigenvalue weighted by Gasteiger charge is -2.11. The number of nitrogen functional groups attached to an aromatic ring is 1. The minimum atomic E-state index is -0.475. The average Bonchev–Trinajstić information content (AvgIpc) is 2.81. The van der Waals surface area contributed by atoms with E-state index in [9.17, 15) is 4.79 Å². The minimum absolute atomic E-state index is 0.191. The predicted octanol–water partition coefficient (Wildman–Crippen LogP) is 2.73. The van der Waals surface area contributed by atoms with E-state index in [0.717, 1.165) is 33.1 Å². The molecular weight excluding hydrogens is 357 g/mol. The Hall–Kier alpha value is -1.24. The molecule has 5 heteroatoms. The van der Waals surface area contributed by atoms with Crippen molar-refractivity contribution in [2.75, 3.05) is 10.2 Å². The predicted molar refractivity (Wildman–Crippen MR) is 83.4 cm³/mol. The summed E-state index contributed by atoms with van der Waals surface area (Å²) in [6.45, 7) is 3.78. The smallest absolute Gasteiger partial charge is 0.359 e. The summed E-state index contributed by atoms with van der Waals surface area (Å²) < 4.78 is 12.2. The molecule has 3 rings (SSSR count). The van der Waals surface area contributed by atoms with Gasteiger partial charge in [-0.25, -0.2) is 4.79 Å². The van der Waals surface area contributed by atoms with Crippen LogP contribution >= 0.6 is 22.6 Å². The Kier molecular flexibility index (Phi) is 2.96. The van der Waals surface area contributed by atoms with Crippen molar-refractivity contribution in [2.45, 2.75) is 26.4 Å². The SMILES string of the molecule is Cc1c(N)c(=O)oc2c(C)c3c(cc12)CC(CI)O3. The minimum Gasteiger partial charge on any atom is -0.489 e. The first-order valence-corrected chi connectivity index (χ1v) is 7.63. The molecule has 0 saturated heterocycles. The lowest BCUT2D eigenvalue weighted by atomic mass is 10.0. The highest BCUT2D eigenvalue weighted by Crippen LogP contribution is 2.38. The van der Waals surface area contributed by atoms with Gasteiger partial charge in [0.1, 0.15) is 23.1 Å². The lowest BCUT2D eigenvalue weighted by molar-refractivity contribution is 0.261. The molecule has 0 fully saturated rings. The van der Waals surface area contributed by atoms with Crippen molar-refractivity contribution in [3.05, 3.63) is 33.2 Å². The Bertz CT molecular complexity index is 736. The molecule has 2 N–H and O–H groups in total. The third kappa shape index (κ3) is 1.82. The van der Waals surface area contributed by atoms with Crippen molar-refractivity contribution in [2.24, 2.45) is 0 Å². The second kappa shape index (κ2) is 4.40. The summed E-state index contributed by atoms with van der Waals surface area (Å²) in [6, 6.07) is 2.04. The van der Waals surface area contributed by atoms with Crippen molar-refractivity contribution in [3.8, 4) is 5.75 Å². The maximum Gasteiger partial charge on any atom is 0.359 e. The summed E-state index contributed by atoms with van der Waals surface area (Å²) in [7, 11) is 0. The van der Waals surface area contributed by atoms with Gasteiger partial charge in [-0.2, -0.15) is 0 Å². The van der Waals surface area contributed by atoms with Gasteiger partial charge in [0.05, 0.1) is 0 Å². The molecule has 1 aliphatic rings. The number of fused-ring (bicyclic) bond motifs is 2. The highest BCUT2D eigenvalue weighted by molar-refractivity contribution is 14.1. The summed E-state index contributed by atoms with van der Waals surface area (Å²) in [5, 5.41) is 0.908. The fourth-order valence-corrected chi connectivity index (χ4v) is 3.05. The van der Waals surface area contributed by atoms with Gasteiger partial charge in [-0.05, 0) is 31.0 Å². The van der Waals surface area contributed by atoms with Gasteiger partial charge in [-0.1, -0.05) is 22.6 Å². The number of aryl methyl sites for hydroxylation is 2. The maximum absolute atomic E-state index is 11.7. The second-order valence-corrected chi connectivity index (χ2v) is 5.77. The average molecular weight is 371 g/mol. The van der Waals surface area contributed by atoms with Crippen molar-refractivity contribution in [1.29, 1.82) is 0 Å². The fraction of sp³-hybridized carbons (Fsp3) is 0.357. The number of rotatable bonds is 1. The van der Waals surface area contributed by atoms with Crippen molar-refractivity contribution in [1.82, 2.24) is 0 Å². The Morgan fingerprint density at radius 1 is 1.42 bits per heavy atom. The topological polar surface area (TPSA) is 65.5 Å². The lowest BCUT2D eigenvalue weighted by Crippen LogP contribution is -2.13. The molecule has 1 atom stereocenters. The number of ether oxygens (including phenoxy) is 1. The maximum atomic E-state index is 11.7. The number of halogens is 1. The number of alkyl halides is 1. The van der Waals surface area contributed by atoms with Crippen molar-refractivity contribution < 1.29 is 9.15 Å². The van der Waals surface area contributed by atoms with Crippen LogP contribution in [0.15, 0.2) is 15.3 Å². The van der Waals surface area contributed by atoms with Crippen LogP contribution in [0, 0.1) is 13.8 Å². The van der Waals surface area contributed by atoms with Gasteiger partial charge in [0.2, 0.25) is 0 Å². The molecule has 100 valence electrons. The first kappa shape index (κ1) is 12.8. The van der Waals surface area contributed by atoms with Crippen molar-refractivity contribution >= 4 is 39.2 Å². The molecule has 0 spiro atoms. The summed E-state index contributed by atoms with van der Waals surface area (Å²) in [6.07, 6.45) is 1.10. The molecule has 1 aromatic carbocycles. The molecule has 0 aliphatic carbocycles. The van der Waals surface area contributed by atoms with Crippen LogP contribution in [-0.4, -0.2) is 10.5 Å². The van der Waals surface area contributed by atoms with E-state index < -0.39 is 5.63 Å². The van der Waals surface area contributed by atoms with Gasteiger partial charge in [0.15, 0.2) is 0 Å². The standard InChI is InChI=1S/C14H14INO3/c1-6-10-4-8-3-9(5-15)18-12(8)7(2)13(10)19-14(17)11(6)16/h4,9H,3,5,16H2,1-2H3. The summed E-state index contributed by atoms with van der Waals surface area (Å²) in [4.78, 5) is 11.7. The van der Waals surface area contributed by atoms with Crippen LogP contribution in [-0.2, 0) is 6.42 Å². The van der Waals surface area contributed by atoms with Gasteiger partial charge in [-0.15, -0.1) is 0 Å². The van der Waals surface area contributed by atoms with E-state index in [1.165, 1.54) is 5.56 Å². The Morgan fingerprint density at radius 2 is 2.16 bits per heavy atom. The molecule has 0 radical (unpaired) electrons. The molecule has 19 heavy (non-hydrogen) atoms. The van der Waals surface area contributed by atoms with Gasteiger partial charge in [-0.3, -0.25) is 0 Å². The number of hydrogen-bond donors (Lipinski definition) is 1. The van der Waals surface area contributed by atoms with Gasteiger partial charge >= 0.3 is 5.63 Å². The number of hydrogen-bond acceptors (Lipinski definition) is 4. The Balaban J connectivity index is 2.35. The molecule has 2 aromatic rings. The van der Waals surface area contributed by atoms with Crippen LogP contribution in [0.2, 0.25) is 0 Å². The number of nitrogens with two attached hydrogens (primary N) is 1. The molecule has 0 bridgehead atoms. The monoisotopic (exact) mass is 371 g/mol. The van der Waals surface area contributed by atoms with Crippen LogP contribution in [0.4, 0.5) is 5.69 Å². The van der Waals surface area contributed by atoms with Crippen LogP contribution in [0.1, 0.15) is 16.7 Å². The van der Waals surface area contributed by atoms with E-state index in [1.54, 1.807) is 0 Å². The van der Waals surface area contributed by atoms with Crippen molar-refractivity contribution in [3.63, 3.8) is 0 Å². The molecular formula is C14H14INO3. The van der Waals surface area contributed by atoms with Gasteiger partial charge < -0.3 is 14.9 Å². The number of anilines is 1. The number of benzene rings is 1. The van der Waals surface area contributed by atoms with Crippen LogP contribution in [0.25, 0.3) is 11.0 Å². The Morgan fingerprint density at radius 3 is 2.84 bits per heavy atom. The fourth-order valence-electron chi connectivity index (χ4n) is 2.56. The largest absolute Gasteiger partial charge is 0.489 e. The molecule has 1 aromatic heterocycles. The quantitative estimate of drug-likeness (QED) is 0.476. The summed E-state index contributed by atoms with van der Waals surface area (Å²) in [5.74, 6) is 0.862. The normalized spacial score (nSPS) is 17.5. The van der Waals surface area contributed by atoms with E-state index in [2.05, 4.69) is 22.6 Å². The first-order chi connectivity index (χ1) is 9.02.